The van der Waals surface area contributed by atoms with E-state index in [1.54, 1.807) is 12.4 Å². The number of rotatable bonds is 6. The molecule has 3 aromatic rings. The number of hydrogen-bond donors (Lipinski definition) is 1. The highest BCUT2D eigenvalue weighted by molar-refractivity contribution is 6.30. The fraction of sp³-hybridized carbons (Fsp3) is 0.261. The van der Waals surface area contributed by atoms with Crippen molar-refractivity contribution < 1.29 is 9.59 Å². The molecule has 0 atom stereocenters. The van der Waals surface area contributed by atoms with Crippen LogP contribution in [0.1, 0.15) is 29.6 Å². The highest BCUT2D eigenvalue weighted by Crippen LogP contribution is 2.26. The van der Waals surface area contributed by atoms with Crippen LogP contribution >= 0.6 is 11.6 Å². The minimum Gasteiger partial charge on any atom is -0.352 e. The number of halogens is 1. The lowest BCUT2D eigenvalue weighted by Crippen LogP contribution is -2.30. The van der Waals surface area contributed by atoms with Crippen molar-refractivity contribution in [1.82, 2.24) is 15.2 Å². The first-order valence-corrected chi connectivity index (χ1v) is 10.2. The number of hydrogen-bond acceptors (Lipinski definition) is 3. The quantitative estimate of drug-likeness (QED) is 0.620. The molecule has 6 heteroatoms. The van der Waals surface area contributed by atoms with Crippen molar-refractivity contribution in [2.45, 2.75) is 19.3 Å². The van der Waals surface area contributed by atoms with E-state index in [4.69, 9.17) is 11.6 Å². The van der Waals surface area contributed by atoms with Crippen molar-refractivity contribution in [3.8, 4) is 11.1 Å². The van der Waals surface area contributed by atoms with Gasteiger partial charge in [-0.15, -0.1) is 0 Å². The lowest BCUT2D eigenvalue weighted by Gasteiger charge is -2.15. The number of carbonyl (C=O) groups excluding carboxylic acids is 2. The Morgan fingerprint density at radius 1 is 1.07 bits per heavy atom. The summed E-state index contributed by atoms with van der Waals surface area (Å²) in [5, 5.41) is 5.59. The number of nitrogens with zero attached hydrogens (tertiary/aromatic N) is 2. The van der Waals surface area contributed by atoms with Gasteiger partial charge in [-0.2, -0.15) is 0 Å². The highest BCUT2D eigenvalue weighted by atomic mass is 35.5. The molecular weight excluding hydrogens is 386 g/mol. The van der Waals surface area contributed by atoms with E-state index in [-0.39, 0.29) is 11.8 Å². The summed E-state index contributed by atoms with van der Waals surface area (Å²) in [4.78, 5) is 30.1. The molecule has 5 nitrogen and oxygen atoms in total. The molecule has 0 aliphatic carbocycles. The first kappa shape index (κ1) is 19.4. The van der Waals surface area contributed by atoms with Crippen molar-refractivity contribution in [3.63, 3.8) is 0 Å². The van der Waals surface area contributed by atoms with Gasteiger partial charge in [0.05, 0.1) is 5.02 Å². The highest BCUT2D eigenvalue weighted by Gasteiger charge is 2.19. The molecule has 29 heavy (non-hydrogen) atoms. The van der Waals surface area contributed by atoms with Crippen molar-refractivity contribution in [2.75, 3.05) is 19.6 Å². The maximum Gasteiger partial charge on any atom is 0.251 e. The maximum absolute atomic E-state index is 12.5. The third-order valence-corrected chi connectivity index (χ3v) is 5.41. The van der Waals surface area contributed by atoms with Crippen LogP contribution in [0.15, 0.2) is 54.9 Å². The Kier molecular flexibility index (Phi) is 5.76. The molecule has 2 heterocycles. The smallest absolute Gasteiger partial charge is 0.251 e. The Morgan fingerprint density at radius 2 is 1.90 bits per heavy atom. The van der Waals surface area contributed by atoms with Crippen LogP contribution < -0.4 is 5.32 Å². The van der Waals surface area contributed by atoms with Crippen LogP contribution in [0.3, 0.4) is 0 Å². The van der Waals surface area contributed by atoms with Gasteiger partial charge in [-0.05, 0) is 53.4 Å². The van der Waals surface area contributed by atoms with Crippen LogP contribution in [-0.2, 0) is 4.79 Å². The first-order chi connectivity index (χ1) is 14.1. The Hall–Kier alpha value is -2.92. The largest absolute Gasteiger partial charge is 0.352 e. The van der Waals surface area contributed by atoms with Crippen LogP contribution in [0.4, 0.5) is 0 Å². The second-order valence-electron chi connectivity index (χ2n) is 7.26. The number of fused-ring (bicyclic) bond motifs is 1. The summed E-state index contributed by atoms with van der Waals surface area (Å²) >= 11 is 6.04. The number of pyridine rings is 1. The van der Waals surface area contributed by atoms with Gasteiger partial charge in [-0.25, -0.2) is 0 Å². The molecule has 2 aromatic carbocycles. The maximum atomic E-state index is 12.5. The number of likely N-dealkylation sites (tertiary alicyclic amines) is 1. The van der Waals surface area contributed by atoms with Crippen LogP contribution in [0.2, 0.25) is 5.02 Å². The lowest BCUT2D eigenvalue weighted by atomic mass is 10.0. The average Bonchev–Trinajstić information content (AvgIpc) is 3.15. The standard InChI is InChI=1S/C23H22ClN3O2/c24-21-13-20(14-25-15-21)18-5-4-17-12-19(7-6-16(17)11-18)23(29)26-8-2-10-27-9-1-3-22(27)28/h4-7,11-15H,1-3,8-10H2,(H,26,29). The van der Waals surface area contributed by atoms with Gasteiger partial charge in [-0.1, -0.05) is 29.8 Å². The third-order valence-electron chi connectivity index (χ3n) is 5.20. The van der Waals surface area contributed by atoms with E-state index in [1.807, 2.05) is 41.3 Å². The Labute approximate surface area is 174 Å². The zero-order chi connectivity index (χ0) is 20.2. The zero-order valence-corrected chi connectivity index (χ0v) is 16.8. The number of nitrogens with one attached hydrogen (secondary N) is 1. The molecule has 148 valence electrons. The predicted octanol–water partition coefficient (Wildman–Crippen LogP) is 4.30. The van der Waals surface area contributed by atoms with E-state index in [9.17, 15) is 9.59 Å². The normalized spacial score (nSPS) is 13.8. The molecule has 1 saturated heterocycles. The van der Waals surface area contributed by atoms with Gasteiger partial charge in [0.1, 0.15) is 0 Å². The van der Waals surface area contributed by atoms with Gasteiger partial charge in [0, 0.05) is 49.6 Å². The Balaban J connectivity index is 1.39. The van der Waals surface area contributed by atoms with Crippen molar-refractivity contribution in [3.05, 3.63) is 65.4 Å². The van der Waals surface area contributed by atoms with Crippen LogP contribution in [0, 0.1) is 0 Å². The SMILES string of the molecule is O=C(NCCCN1CCCC1=O)c1ccc2cc(-c3cncc(Cl)c3)ccc2c1. The van der Waals surface area contributed by atoms with Gasteiger partial charge < -0.3 is 10.2 Å². The molecule has 4 rings (SSSR count). The average molecular weight is 408 g/mol. The molecule has 0 saturated carbocycles. The third kappa shape index (κ3) is 4.57. The molecule has 1 N–H and O–H groups in total. The van der Waals surface area contributed by atoms with Gasteiger partial charge in [-0.3, -0.25) is 14.6 Å². The number of aromatic nitrogens is 1. The topological polar surface area (TPSA) is 62.3 Å². The lowest BCUT2D eigenvalue weighted by molar-refractivity contribution is -0.127. The Morgan fingerprint density at radius 3 is 2.69 bits per heavy atom. The molecule has 2 amide bonds. The summed E-state index contributed by atoms with van der Waals surface area (Å²) in [5.41, 5.74) is 2.62. The van der Waals surface area contributed by atoms with Crippen LogP contribution in [0.5, 0.6) is 0 Å². The molecular formula is C23H22ClN3O2. The first-order valence-electron chi connectivity index (χ1n) is 9.81. The van der Waals surface area contributed by atoms with E-state index in [0.29, 0.717) is 30.1 Å². The van der Waals surface area contributed by atoms with Crippen molar-refractivity contribution in [1.29, 1.82) is 0 Å². The molecule has 1 fully saturated rings. The number of carbonyl (C=O) groups is 2. The summed E-state index contributed by atoms with van der Waals surface area (Å²) in [6.07, 6.45) is 5.75. The Bertz CT molecular complexity index is 1070. The molecule has 0 radical (unpaired) electrons. The van der Waals surface area contributed by atoms with Crippen molar-refractivity contribution in [2.24, 2.45) is 0 Å². The molecule has 0 unspecified atom stereocenters. The molecule has 1 aliphatic heterocycles. The van der Waals surface area contributed by atoms with Crippen molar-refractivity contribution >= 4 is 34.2 Å². The monoisotopic (exact) mass is 407 g/mol. The fourth-order valence-electron chi connectivity index (χ4n) is 3.65. The molecule has 1 aromatic heterocycles. The summed E-state index contributed by atoms with van der Waals surface area (Å²) in [7, 11) is 0. The van der Waals surface area contributed by atoms with E-state index >= 15 is 0 Å². The van der Waals surface area contributed by atoms with Crippen LogP contribution in [0.25, 0.3) is 21.9 Å². The van der Waals surface area contributed by atoms with Gasteiger partial charge in [0.2, 0.25) is 5.91 Å². The predicted molar refractivity (Wildman–Crippen MR) is 115 cm³/mol. The van der Waals surface area contributed by atoms with Crippen LogP contribution in [-0.4, -0.2) is 41.3 Å². The summed E-state index contributed by atoms with van der Waals surface area (Å²) < 4.78 is 0. The molecule has 0 bridgehead atoms. The van der Waals surface area contributed by atoms with E-state index in [0.717, 1.165) is 41.3 Å². The summed E-state index contributed by atoms with van der Waals surface area (Å²) in [5.74, 6) is 0.126. The van der Waals surface area contributed by atoms with E-state index in [2.05, 4.69) is 16.4 Å². The van der Waals surface area contributed by atoms with Gasteiger partial charge in [0.25, 0.3) is 5.91 Å². The van der Waals surface area contributed by atoms with Gasteiger partial charge >= 0.3 is 0 Å². The molecule has 0 spiro atoms. The van der Waals surface area contributed by atoms with Gasteiger partial charge in [0.15, 0.2) is 0 Å². The second kappa shape index (κ2) is 8.62. The zero-order valence-electron chi connectivity index (χ0n) is 16.0. The minimum atomic E-state index is -0.0947. The number of amides is 2. The molecule has 1 aliphatic rings. The van der Waals surface area contributed by atoms with E-state index in [1.165, 1.54) is 0 Å². The summed E-state index contributed by atoms with van der Waals surface area (Å²) in [6.45, 7) is 2.10. The fourth-order valence-corrected chi connectivity index (χ4v) is 3.82. The number of benzene rings is 2. The van der Waals surface area contributed by atoms with E-state index < -0.39 is 0 Å². The second-order valence-corrected chi connectivity index (χ2v) is 7.70. The summed E-state index contributed by atoms with van der Waals surface area (Å²) in [6, 6.07) is 13.6. The minimum absolute atomic E-state index is 0.0947.